The second-order valence-corrected chi connectivity index (χ2v) is 12.9. The Labute approximate surface area is 250 Å². The average Bonchev–Trinajstić information content (AvgIpc) is 3.42. The summed E-state index contributed by atoms with van der Waals surface area (Å²) in [5, 5.41) is 3.51. The molecule has 0 spiro atoms. The molecule has 1 saturated heterocycles. The number of nitrogens with zero attached hydrogens (tertiary/aromatic N) is 3. The molecule has 0 saturated carbocycles. The molecule has 42 heavy (non-hydrogen) atoms. The number of fused-ring (bicyclic) bond motifs is 1. The fourth-order valence-corrected chi connectivity index (χ4v) is 6.95. The fraction of sp³-hybridized carbons (Fsp3) is 0.464. The molecule has 2 unspecified atom stereocenters. The number of cyclic esters (lactones) is 1. The van der Waals surface area contributed by atoms with Gasteiger partial charge in [-0.2, -0.15) is 0 Å². The number of benzene rings is 2. The minimum Gasteiger partial charge on any atom is -0.487 e. The van der Waals surface area contributed by atoms with Crippen LogP contribution >= 0.6 is 11.8 Å². The number of aromatic nitrogens is 2. The van der Waals surface area contributed by atoms with E-state index in [1.165, 1.54) is 25.1 Å². The highest BCUT2D eigenvalue weighted by molar-refractivity contribution is 7.99. The van der Waals surface area contributed by atoms with Gasteiger partial charge in [-0.05, 0) is 52.2 Å². The van der Waals surface area contributed by atoms with Crippen molar-refractivity contribution in [2.75, 3.05) is 38.3 Å². The predicted octanol–water partition coefficient (Wildman–Crippen LogP) is 3.07. The van der Waals surface area contributed by atoms with Crippen molar-refractivity contribution in [2.24, 2.45) is 0 Å². The zero-order valence-corrected chi connectivity index (χ0v) is 26.0. The normalized spacial score (nSPS) is 17.9. The number of para-hydroxylation sites is 2. The number of hydrogen-bond acceptors (Lipinski definition) is 10. The van der Waals surface area contributed by atoms with Gasteiger partial charge >= 0.3 is 5.97 Å². The number of ether oxygens (including phenoxy) is 3. The molecule has 3 atom stereocenters. The molecule has 228 valence electrons. The summed E-state index contributed by atoms with van der Waals surface area (Å²) in [5.74, 6) is 0.0204. The maximum absolute atomic E-state index is 13.6. The van der Waals surface area contributed by atoms with Crippen LogP contribution in [0.25, 0.3) is 11.0 Å². The fourth-order valence-electron chi connectivity index (χ4n) is 4.48. The van der Waals surface area contributed by atoms with E-state index in [0.29, 0.717) is 12.2 Å². The summed E-state index contributed by atoms with van der Waals surface area (Å²) in [6.45, 7) is 6.44. The molecule has 4 rings (SSSR count). The highest BCUT2D eigenvalue weighted by Crippen LogP contribution is 2.31. The first-order chi connectivity index (χ1) is 20.0. The van der Waals surface area contributed by atoms with Gasteiger partial charge in [0.05, 0.1) is 30.0 Å². The first-order valence-corrected chi connectivity index (χ1v) is 16.1. The van der Waals surface area contributed by atoms with Crippen LogP contribution in [-0.2, 0) is 35.6 Å². The molecule has 1 aromatic heterocycles. The number of carbonyl (C=O) groups is 2. The molecule has 1 amide bonds. The van der Waals surface area contributed by atoms with Crippen LogP contribution in [0.5, 0.6) is 5.75 Å². The Morgan fingerprint density at radius 1 is 1.26 bits per heavy atom. The SMILES string of the molecule is CCOC1OC(=O)CC1NS(=O)(=O)c1ccc(NC(C)=O)cc1O[C@H](C)Cn1c(SCCN(C)C)nc2ccccc21. The van der Waals surface area contributed by atoms with Gasteiger partial charge in [0, 0.05) is 37.6 Å². The van der Waals surface area contributed by atoms with Gasteiger partial charge in [-0.25, -0.2) is 18.1 Å². The quantitative estimate of drug-likeness (QED) is 0.204. The molecule has 12 nitrogen and oxygen atoms in total. The van der Waals surface area contributed by atoms with Crippen LogP contribution in [0.2, 0.25) is 0 Å². The zero-order chi connectivity index (χ0) is 30.4. The molecule has 2 heterocycles. The van der Waals surface area contributed by atoms with Gasteiger partial charge in [0.15, 0.2) is 5.16 Å². The Hall–Kier alpha value is -3.17. The number of imidazole rings is 1. The third kappa shape index (κ3) is 8.01. The van der Waals surface area contributed by atoms with Crippen molar-refractivity contribution in [1.29, 1.82) is 0 Å². The van der Waals surface area contributed by atoms with E-state index >= 15 is 0 Å². The summed E-state index contributed by atoms with van der Waals surface area (Å²) >= 11 is 1.64. The van der Waals surface area contributed by atoms with Crippen molar-refractivity contribution in [3.05, 3.63) is 42.5 Å². The van der Waals surface area contributed by atoms with Crippen LogP contribution in [0.1, 0.15) is 27.2 Å². The van der Waals surface area contributed by atoms with E-state index in [9.17, 15) is 18.0 Å². The lowest BCUT2D eigenvalue weighted by molar-refractivity contribution is -0.163. The molecule has 1 aliphatic heterocycles. The maximum Gasteiger partial charge on any atom is 0.310 e. The van der Waals surface area contributed by atoms with Crippen molar-refractivity contribution in [2.45, 2.75) is 62.2 Å². The zero-order valence-electron chi connectivity index (χ0n) is 24.3. The van der Waals surface area contributed by atoms with E-state index in [1.54, 1.807) is 18.7 Å². The summed E-state index contributed by atoms with van der Waals surface area (Å²) in [5.41, 5.74) is 2.17. The number of carbonyl (C=O) groups excluding carboxylic acids is 2. The number of amides is 1. The number of esters is 1. The minimum absolute atomic E-state index is 0.0469. The summed E-state index contributed by atoms with van der Waals surface area (Å²) < 4.78 is 48.6. The Morgan fingerprint density at radius 3 is 2.74 bits per heavy atom. The van der Waals surface area contributed by atoms with Gasteiger partial charge in [0.25, 0.3) is 0 Å². The summed E-state index contributed by atoms with van der Waals surface area (Å²) in [6.07, 6.45) is -1.69. The van der Waals surface area contributed by atoms with Crippen molar-refractivity contribution in [3.63, 3.8) is 0 Å². The number of thioether (sulfide) groups is 1. The van der Waals surface area contributed by atoms with Crippen molar-refractivity contribution >= 4 is 50.4 Å². The molecule has 0 radical (unpaired) electrons. The van der Waals surface area contributed by atoms with Gasteiger partial charge < -0.3 is 29.0 Å². The van der Waals surface area contributed by atoms with Crippen molar-refractivity contribution in [3.8, 4) is 5.75 Å². The highest BCUT2D eigenvalue weighted by Gasteiger charge is 2.39. The van der Waals surface area contributed by atoms with Crippen LogP contribution in [0.15, 0.2) is 52.5 Å². The van der Waals surface area contributed by atoms with Crippen LogP contribution in [0.3, 0.4) is 0 Å². The van der Waals surface area contributed by atoms with Gasteiger partial charge in [0.1, 0.15) is 16.7 Å². The monoisotopic (exact) mass is 619 g/mol. The number of rotatable bonds is 14. The maximum atomic E-state index is 13.6. The number of hydrogen-bond donors (Lipinski definition) is 2. The lowest BCUT2D eigenvalue weighted by Gasteiger charge is -2.22. The lowest BCUT2D eigenvalue weighted by Crippen LogP contribution is -2.41. The number of anilines is 1. The van der Waals surface area contributed by atoms with E-state index in [-0.39, 0.29) is 29.6 Å². The molecular formula is C28H37N5O7S2. The summed E-state index contributed by atoms with van der Waals surface area (Å²) in [7, 11) is -0.158. The molecule has 0 bridgehead atoms. The van der Waals surface area contributed by atoms with Crippen LogP contribution in [0, 0.1) is 0 Å². The Kier molecular flexibility index (Phi) is 10.5. The average molecular weight is 620 g/mol. The van der Waals surface area contributed by atoms with Crippen LogP contribution < -0.4 is 14.8 Å². The van der Waals surface area contributed by atoms with Gasteiger partial charge in [-0.1, -0.05) is 23.9 Å². The van der Waals surface area contributed by atoms with Gasteiger partial charge in [-0.15, -0.1) is 0 Å². The predicted molar refractivity (Wildman–Crippen MR) is 160 cm³/mol. The topological polar surface area (TPSA) is 141 Å². The van der Waals surface area contributed by atoms with E-state index in [1.807, 2.05) is 45.3 Å². The third-order valence-electron chi connectivity index (χ3n) is 6.31. The second-order valence-electron chi connectivity index (χ2n) is 10.2. The summed E-state index contributed by atoms with van der Waals surface area (Å²) in [6, 6.07) is 11.2. The highest BCUT2D eigenvalue weighted by atomic mass is 32.2. The molecule has 0 aliphatic carbocycles. The van der Waals surface area contributed by atoms with Crippen LogP contribution in [-0.4, -0.2) is 86.2 Å². The second kappa shape index (κ2) is 13.9. The molecule has 2 aromatic carbocycles. The molecule has 2 N–H and O–H groups in total. The van der Waals surface area contributed by atoms with E-state index < -0.39 is 34.4 Å². The van der Waals surface area contributed by atoms with Crippen molar-refractivity contribution in [1.82, 2.24) is 19.2 Å². The van der Waals surface area contributed by atoms with Gasteiger partial charge in [-0.3, -0.25) is 9.59 Å². The first-order valence-electron chi connectivity index (χ1n) is 13.6. The Bertz CT molecular complexity index is 1530. The minimum atomic E-state index is -4.19. The molecular weight excluding hydrogens is 582 g/mol. The largest absolute Gasteiger partial charge is 0.487 e. The van der Waals surface area contributed by atoms with Crippen LogP contribution in [0.4, 0.5) is 5.69 Å². The molecule has 14 heteroatoms. The molecule has 3 aromatic rings. The Balaban J connectivity index is 1.62. The number of nitrogens with one attached hydrogen (secondary N) is 2. The smallest absolute Gasteiger partial charge is 0.310 e. The molecule has 1 aliphatic rings. The summed E-state index contributed by atoms with van der Waals surface area (Å²) in [4.78, 5) is 30.4. The lowest BCUT2D eigenvalue weighted by atomic mass is 10.2. The van der Waals surface area contributed by atoms with Gasteiger partial charge in [0.2, 0.25) is 22.2 Å². The molecule has 1 fully saturated rings. The standard InChI is InChI=1S/C28H37N5O7S2/c1-6-38-27-22(16-26(35)40-27)31-42(36,37)25-12-11-20(29-19(3)34)15-24(25)39-18(2)17-33-23-10-8-7-9-21(23)30-28(33)41-14-13-32(4)5/h7-12,15,18,22,27,31H,6,13-14,16-17H2,1-5H3,(H,29,34)/t18-,22?,27?/m1/s1. The van der Waals surface area contributed by atoms with E-state index in [4.69, 9.17) is 19.2 Å². The van der Waals surface area contributed by atoms with E-state index in [0.717, 1.165) is 28.5 Å². The van der Waals surface area contributed by atoms with Crippen molar-refractivity contribution < 1.29 is 32.2 Å². The first kappa shape index (κ1) is 31.8. The number of sulfonamides is 1. The van der Waals surface area contributed by atoms with E-state index in [2.05, 4.69) is 19.5 Å². The third-order valence-corrected chi connectivity index (χ3v) is 8.80. The Morgan fingerprint density at radius 2 is 2.02 bits per heavy atom.